The Kier molecular flexibility index (Phi) is 6.78. The summed E-state index contributed by atoms with van der Waals surface area (Å²) in [5.41, 5.74) is 1.04. The zero-order valence-corrected chi connectivity index (χ0v) is 15.8. The number of ether oxygens (including phenoxy) is 1. The summed E-state index contributed by atoms with van der Waals surface area (Å²) < 4.78 is 7.29. The maximum Gasteiger partial charge on any atom is 0.191 e. The number of hydrogen-bond acceptors (Lipinski definition) is 5. The van der Waals surface area contributed by atoms with Crippen LogP contribution in [0.25, 0.3) is 5.82 Å². The van der Waals surface area contributed by atoms with Gasteiger partial charge in [-0.15, -0.1) is 0 Å². The van der Waals surface area contributed by atoms with Gasteiger partial charge >= 0.3 is 0 Å². The average Bonchev–Trinajstić information content (AvgIpc) is 3.37. The van der Waals surface area contributed by atoms with Crippen LogP contribution in [0.2, 0.25) is 0 Å². The summed E-state index contributed by atoms with van der Waals surface area (Å²) >= 11 is 0. The number of aliphatic imine (C=N–C) groups is 1. The van der Waals surface area contributed by atoms with Gasteiger partial charge in [0.25, 0.3) is 0 Å². The van der Waals surface area contributed by atoms with Crippen LogP contribution >= 0.6 is 0 Å². The minimum atomic E-state index is -0.0190. The Hall–Kier alpha value is -2.45. The number of hydrogen-bond donors (Lipinski definition) is 3. The first-order valence-corrected chi connectivity index (χ1v) is 9.40. The van der Waals surface area contributed by atoms with Crippen LogP contribution in [0.1, 0.15) is 25.3 Å². The molecule has 0 saturated carbocycles. The SMILES string of the molecule is CCNC(=NCc1ccnc(-n2cccn2)c1)NCC1(CCO)CCOC1. The highest BCUT2D eigenvalue weighted by atomic mass is 16.5. The molecule has 3 N–H and O–H groups in total. The molecule has 0 aliphatic carbocycles. The number of aliphatic hydroxyl groups excluding tert-OH is 1. The fourth-order valence-corrected chi connectivity index (χ4v) is 3.18. The highest BCUT2D eigenvalue weighted by molar-refractivity contribution is 5.79. The zero-order chi connectivity index (χ0) is 19.0. The number of aromatic nitrogens is 3. The lowest BCUT2D eigenvalue weighted by atomic mass is 9.84. The zero-order valence-electron chi connectivity index (χ0n) is 15.8. The summed E-state index contributed by atoms with van der Waals surface area (Å²) in [4.78, 5) is 9.04. The van der Waals surface area contributed by atoms with Gasteiger partial charge in [0.2, 0.25) is 0 Å². The summed E-state index contributed by atoms with van der Waals surface area (Å²) in [6.07, 6.45) is 7.06. The topological polar surface area (TPSA) is 96.6 Å². The fraction of sp³-hybridized carbons (Fsp3) is 0.526. The summed E-state index contributed by atoms with van der Waals surface area (Å²) in [7, 11) is 0. The Bertz CT molecular complexity index is 726. The monoisotopic (exact) mass is 372 g/mol. The van der Waals surface area contributed by atoms with Gasteiger partial charge in [0, 0.05) is 50.3 Å². The van der Waals surface area contributed by atoms with Gasteiger partial charge < -0.3 is 20.5 Å². The summed E-state index contributed by atoms with van der Waals surface area (Å²) in [6, 6.07) is 5.81. The molecule has 1 aliphatic heterocycles. The molecule has 1 unspecified atom stereocenters. The predicted molar refractivity (Wildman–Crippen MR) is 104 cm³/mol. The highest BCUT2D eigenvalue weighted by Crippen LogP contribution is 2.31. The molecule has 8 nitrogen and oxygen atoms in total. The van der Waals surface area contributed by atoms with Crippen molar-refractivity contribution in [2.75, 3.05) is 32.9 Å². The standard InChI is InChI=1S/C19H28N6O2/c1-2-20-18(23-14-19(5-10-26)6-11-27-15-19)22-13-16-4-8-21-17(12-16)25-9-3-7-24-25/h3-4,7-9,12,26H,2,5-6,10-11,13-15H2,1H3,(H2,20,22,23). The third kappa shape index (κ3) is 5.27. The van der Waals surface area contributed by atoms with E-state index in [-0.39, 0.29) is 12.0 Å². The van der Waals surface area contributed by atoms with E-state index < -0.39 is 0 Å². The summed E-state index contributed by atoms with van der Waals surface area (Å²) in [5, 5.41) is 20.3. The molecular formula is C19H28N6O2. The first-order valence-electron chi connectivity index (χ1n) is 9.40. The van der Waals surface area contributed by atoms with Crippen LogP contribution in [-0.4, -0.2) is 58.7 Å². The van der Waals surface area contributed by atoms with Crippen molar-refractivity contribution >= 4 is 5.96 Å². The van der Waals surface area contributed by atoms with E-state index in [2.05, 4.69) is 20.7 Å². The lowest BCUT2D eigenvalue weighted by Crippen LogP contribution is -2.44. The van der Waals surface area contributed by atoms with E-state index in [9.17, 15) is 5.11 Å². The molecule has 2 aromatic rings. The van der Waals surface area contributed by atoms with Gasteiger partial charge in [0.15, 0.2) is 11.8 Å². The van der Waals surface area contributed by atoms with E-state index >= 15 is 0 Å². The van der Waals surface area contributed by atoms with E-state index in [1.54, 1.807) is 17.1 Å². The van der Waals surface area contributed by atoms with Crippen LogP contribution in [-0.2, 0) is 11.3 Å². The minimum Gasteiger partial charge on any atom is -0.396 e. The van der Waals surface area contributed by atoms with E-state index in [4.69, 9.17) is 9.73 Å². The maximum atomic E-state index is 9.37. The van der Waals surface area contributed by atoms with Crippen LogP contribution in [0.15, 0.2) is 41.8 Å². The van der Waals surface area contributed by atoms with Crippen LogP contribution in [0.3, 0.4) is 0 Å². The fourth-order valence-electron chi connectivity index (χ4n) is 3.18. The second-order valence-corrected chi connectivity index (χ2v) is 6.80. The molecule has 0 amide bonds. The van der Waals surface area contributed by atoms with Crippen molar-refractivity contribution in [1.29, 1.82) is 0 Å². The number of nitrogens with zero attached hydrogens (tertiary/aromatic N) is 4. The van der Waals surface area contributed by atoms with Gasteiger partial charge in [-0.05, 0) is 43.5 Å². The Morgan fingerprint density at radius 3 is 3.04 bits per heavy atom. The number of pyridine rings is 1. The summed E-state index contributed by atoms with van der Waals surface area (Å²) in [5.74, 6) is 1.54. The molecule has 0 spiro atoms. The second-order valence-electron chi connectivity index (χ2n) is 6.80. The van der Waals surface area contributed by atoms with Gasteiger partial charge in [-0.3, -0.25) is 0 Å². The van der Waals surface area contributed by atoms with Gasteiger partial charge in [-0.1, -0.05) is 0 Å². The minimum absolute atomic E-state index is 0.0190. The van der Waals surface area contributed by atoms with Crippen molar-refractivity contribution < 1.29 is 9.84 Å². The van der Waals surface area contributed by atoms with E-state index in [0.717, 1.165) is 49.9 Å². The van der Waals surface area contributed by atoms with Crippen molar-refractivity contribution in [2.24, 2.45) is 10.4 Å². The molecule has 1 saturated heterocycles. The molecule has 3 rings (SSSR count). The van der Waals surface area contributed by atoms with Gasteiger partial charge in [-0.25, -0.2) is 14.7 Å². The Morgan fingerprint density at radius 2 is 2.33 bits per heavy atom. The van der Waals surface area contributed by atoms with Gasteiger partial charge in [-0.2, -0.15) is 5.10 Å². The van der Waals surface area contributed by atoms with Crippen molar-refractivity contribution in [3.05, 3.63) is 42.4 Å². The molecule has 0 aromatic carbocycles. The van der Waals surface area contributed by atoms with Crippen LogP contribution in [0.5, 0.6) is 0 Å². The van der Waals surface area contributed by atoms with E-state index in [1.807, 2.05) is 31.3 Å². The smallest absolute Gasteiger partial charge is 0.191 e. The molecule has 27 heavy (non-hydrogen) atoms. The molecule has 8 heteroatoms. The molecule has 1 atom stereocenters. The quantitative estimate of drug-likeness (QED) is 0.475. The Balaban J connectivity index is 1.64. The predicted octanol–water partition coefficient (Wildman–Crippen LogP) is 1.11. The Morgan fingerprint density at radius 1 is 1.41 bits per heavy atom. The van der Waals surface area contributed by atoms with E-state index in [0.29, 0.717) is 13.2 Å². The maximum absolute atomic E-state index is 9.37. The van der Waals surface area contributed by atoms with Gasteiger partial charge in [0.1, 0.15) is 0 Å². The third-order valence-corrected chi connectivity index (χ3v) is 4.77. The lowest BCUT2D eigenvalue weighted by Gasteiger charge is -2.27. The molecule has 2 aromatic heterocycles. The highest BCUT2D eigenvalue weighted by Gasteiger charge is 2.34. The normalized spacial score (nSPS) is 20.0. The van der Waals surface area contributed by atoms with Gasteiger partial charge in [0.05, 0.1) is 13.2 Å². The van der Waals surface area contributed by atoms with E-state index in [1.165, 1.54) is 0 Å². The molecule has 1 fully saturated rings. The number of nitrogens with one attached hydrogen (secondary N) is 2. The lowest BCUT2D eigenvalue weighted by molar-refractivity contribution is 0.127. The van der Waals surface area contributed by atoms with Crippen molar-refractivity contribution in [1.82, 2.24) is 25.4 Å². The summed E-state index contributed by atoms with van der Waals surface area (Å²) in [6.45, 7) is 5.70. The first-order chi connectivity index (χ1) is 13.2. The number of guanidine groups is 1. The molecule has 1 aliphatic rings. The third-order valence-electron chi connectivity index (χ3n) is 4.77. The molecular weight excluding hydrogens is 344 g/mol. The largest absolute Gasteiger partial charge is 0.396 e. The van der Waals surface area contributed by atoms with Crippen LogP contribution in [0.4, 0.5) is 0 Å². The number of aliphatic hydroxyl groups is 1. The molecule has 0 bridgehead atoms. The molecule has 3 heterocycles. The van der Waals surface area contributed by atoms with Crippen molar-refractivity contribution in [3.8, 4) is 5.82 Å². The average molecular weight is 372 g/mol. The van der Waals surface area contributed by atoms with Crippen molar-refractivity contribution in [2.45, 2.75) is 26.3 Å². The van der Waals surface area contributed by atoms with Crippen LogP contribution in [0, 0.1) is 5.41 Å². The first kappa shape index (κ1) is 19.3. The van der Waals surface area contributed by atoms with Crippen molar-refractivity contribution in [3.63, 3.8) is 0 Å². The second kappa shape index (κ2) is 9.48. The Labute approximate surface area is 159 Å². The molecule has 146 valence electrons. The van der Waals surface area contributed by atoms with Crippen LogP contribution < -0.4 is 10.6 Å². The molecule has 0 radical (unpaired) electrons. The number of rotatable bonds is 8.